The van der Waals surface area contributed by atoms with Crippen LogP contribution in [0.5, 0.6) is 0 Å². The molecule has 3 aromatic carbocycles. The first kappa shape index (κ1) is 28.3. The number of aryl methyl sites for hydroxylation is 1. The minimum absolute atomic E-state index is 0.208. The van der Waals surface area contributed by atoms with Crippen molar-refractivity contribution in [1.29, 1.82) is 0 Å². The molecule has 1 N–H and O–H groups in total. The molecule has 0 saturated carbocycles. The van der Waals surface area contributed by atoms with Gasteiger partial charge in [-0.2, -0.15) is 0 Å². The number of anilines is 2. The number of sulfone groups is 1. The van der Waals surface area contributed by atoms with Gasteiger partial charge in [0, 0.05) is 12.2 Å². The maximum absolute atomic E-state index is 14.3. The van der Waals surface area contributed by atoms with Gasteiger partial charge in [-0.1, -0.05) is 62.4 Å². The van der Waals surface area contributed by atoms with Crippen LogP contribution >= 0.6 is 0 Å². The van der Waals surface area contributed by atoms with Crippen molar-refractivity contribution in [3.8, 4) is 0 Å². The van der Waals surface area contributed by atoms with Gasteiger partial charge in [0.25, 0.3) is 5.91 Å². The maximum Gasteiger partial charge on any atom is 0.252 e. The average Bonchev–Trinajstić information content (AvgIpc) is 2.97. The van der Waals surface area contributed by atoms with Crippen molar-refractivity contribution in [3.63, 3.8) is 0 Å². The molecule has 1 aliphatic rings. The van der Waals surface area contributed by atoms with Crippen LogP contribution in [0, 0.1) is 12.8 Å². The summed E-state index contributed by atoms with van der Waals surface area (Å²) in [6.07, 6.45) is 1.58. The molecule has 4 rings (SSSR count). The number of hydrogen-bond acceptors (Lipinski definition) is 5. The first-order valence-electron chi connectivity index (χ1n) is 13.1. The van der Waals surface area contributed by atoms with Gasteiger partial charge in [-0.15, -0.1) is 0 Å². The standard InChI is InChI=1S/C30H35N3O5S/c1-6-19(2)29(35)31-28-21(4)33(27(34)18-39(5,37)38)26-14-10-9-13-25(26)32(30(28)36)17-24-20(3)15-16-22-11-7-8-12-23(22)24/h7-16,19,21,28H,6,17-18H2,1-5H3,(H,31,35)/t19-,21+,28+/m1/s1. The third-order valence-electron chi connectivity index (χ3n) is 7.46. The number of nitrogens with one attached hydrogen (secondary N) is 1. The molecular formula is C30H35N3O5S. The van der Waals surface area contributed by atoms with Crippen LogP contribution in [0.2, 0.25) is 0 Å². The van der Waals surface area contributed by atoms with E-state index in [1.165, 1.54) is 4.90 Å². The van der Waals surface area contributed by atoms with E-state index in [-0.39, 0.29) is 24.3 Å². The number of nitrogens with zero attached hydrogens (tertiary/aromatic N) is 2. The zero-order valence-corrected chi connectivity index (χ0v) is 23.8. The number of rotatable bonds is 7. The van der Waals surface area contributed by atoms with E-state index in [9.17, 15) is 22.8 Å². The lowest BCUT2D eigenvalue weighted by Crippen LogP contribution is -2.59. The molecule has 0 bridgehead atoms. The van der Waals surface area contributed by atoms with Crippen LogP contribution in [-0.2, 0) is 30.8 Å². The molecule has 3 aromatic rings. The molecule has 206 valence electrons. The van der Waals surface area contributed by atoms with Crippen molar-refractivity contribution in [3.05, 3.63) is 71.8 Å². The minimum Gasteiger partial charge on any atom is -0.342 e. The Bertz CT molecular complexity index is 1530. The highest BCUT2D eigenvalue weighted by Crippen LogP contribution is 2.37. The highest BCUT2D eigenvalue weighted by molar-refractivity contribution is 7.91. The quantitative estimate of drug-likeness (QED) is 0.480. The monoisotopic (exact) mass is 549 g/mol. The maximum atomic E-state index is 14.3. The van der Waals surface area contributed by atoms with Crippen LogP contribution in [0.3, 0.4) is 0 Å². The number of carbonyl (C=O) groups excluding carboxylic acids is 3. The van der Waals surface area contributed by atoms with Gasteiger partial charge in [0.2, 0.25) is 11.8 Å². The first-order chi connectivity index (χ1) is 18.4. The zero-order valence-electron chi connectivity index (χ0n) is 23.0. The molecule has 3 amide bonds. The molecule has 0 aliphatic carbocycles. The minimum atomic E-state index is -3.65. The smallest absolute Gasteiger partial charge is 0.252 e. The van der Waals surface area contributed by atoms with Crippen molar-refractivity contribution in [2.24, 2.45) is 5.92 Å². The van der Waals surface area contributed by atoms with Gasteiger partial charge in [0.15, 0.2) is 9.84 Å². The van der Waals surface area contributed by atoms with E-state index < -0.39 is 33.6 Å². The summed E-state index contributed by atoms with van der Waals surface area (Å²) in [6, 6.07) is 17.0. The van der Waals surface area contributed by atoms with Crippen LogP contribution in [-0.4, -0.2) is 50.2 Å². The molecule has 0 radical (unpaired) electrons. The van der Waals surface area contributed by atoms with Gasteiger partial charge in [-0.25, -0.2) is 8.42 Å². The Hall–Kier alpha value is -3.72. The lowest BCUT2D eigenvalue weighted by molar-refractivity contribution is -0.130. The van der Waals surface area contributed by atoms with E-state index in [0.29, 0.717) is 17.8 Å². The van der Waals surface area contributed by atoms with Gasteiger partial charge in [0.05, 0.1) is 24.0 Å². The van der Waals surface area contributed by atoms with E-state index in [2.05, 4.69) is 5.32 Å². The second-order valence-electron chi connectivity index (χ2n) is 10.4. The van der Waals surface area contributed by atoms with Gasteiger partial charge < -0.3 is 15.1 Å². The highest BCUT2D eigenvalue weighted by atomic mass is 32.2. The lowest BCUT2D eigenvalue weighted by Gasteiger charge is -2.32. The molecule has 0 unspecified atom stereocenters. The summed E-state index contributed by atoms with van der Waals surface area (Å²) in [5, 5.41) is 4.93. The van der Waals surface area contributed by atoms with E-state index in [4.69, 9.17) is 0 Å². The van der Waals surface area contributed by atoms with Crippen molar-refractivity contribution >= 4 is 49.7 Å². The van der Waals surface area contributed by atoms with Gasteiger partial charge in [-0.05, 0) is 54.3 Å². The molecule has 0 spiro atoms. The van der Waals surface area contributed by atoms with E-state index in [0.717, 1.165) is 28.2 Å². The van der Waals surface area contributed by atoms with Gasteiger partial charge in [-0.3, -0.25) is 14.4 Å². The van der Waals surface area contributed by atoms with Crippen LogP contribution in [0.25, 0.3) is 10.8 Å². The molecule has 0 saturated heterocycles. The average molecular weight is 550 g/mol. The van der Waals surface area contributed by atoms with Crippen LogP contribution in [0.15, 0.2) is 60.7 Å². The normalized spacial score (nSPS) is 18.4. The SMILES string of the molecule is CC[C@@H](C)C(=O)N[C@@H]1C(=O)N(Cc2c(C)ccc3ccccc23)c2ccccc2N(C(=O)CS(C)(=O)=O)[C@H]1C. The molecule has 39 heavy (non-hydrogen) atoms. The third-order valence-corrected chi connectivity index (χ3v) is 8.23. The largest absolute Gasteiger partial charge is 0.342 e. The molecule has 1 heterocycles. The Morgan fingerprint density at radius 2 is 1.64 bits per heavy atom. The predicted octanol–water partition coefficient (Wildman–Crippen LogP) is 3.99. The Morgan fingerprint density at radius 1 is 1.00 bits per heavy atom. The molecule has 1 aliphatic heterocycles. The van der Waals surface area contributed by atoms with Crippen LogP contribution in [0.1, 0.15) is 38.3 Å². The fourth-order valence-corrected chi connectivity index (χ4v) is 5.64. The first-order valence-corrected chi connectivity index (χ1v) is 15.2. The van der Waals surface area contributed by atoms with Crippen molar-refractivity contribution in [1.82, 2.24) is 5.32 Å². The zero-order chi connectivity index (χ0) is 28.5. The second kappa shape index (κ2) is 11.2. The Kier molecular flexibility index (Phi) is 8.11. The summed E-state index contributed by atoms with van der Waals surface area (Å²) >= 11 is 0. The van der Waals surface area contributed by atoms with Gasteiger partial charge in [0.1, 0.15) is 11.8 Å². The molecule has 9 heteroatoms. The number of fused-ring (bicyclic) bond motifs is 2. The summed E-state index contributed by atoms with van der Waals surface area (Å²) in [4.78, 5) is 43.8. The number of amides is 3. The van der Waals surface area contributed by atoms with Crippen molar-refractivity contribution in [2.45, 2.75) is 52.7 Å². The van der Waals surface area contributed by atoms with E-state index >= 15 is 0 Å². The number of para-hydroxylation sites is 2. The highest BCUT2D eigenvalue weighted by Gasteiger charge is 2.42. The van der Waals surface area contributed by atoms with E-state index in [1.54, 1.807) is 43.0 Å². The Labute approximate surface area is 229 Å². The molecule has 8 nitrogen and oxygen atoms in total. The molecule has 3 atom stereocenters. The summed E-state index contributed by atoms with van der Waals surface area (Å²) in [6.45, 7) is 7.53. The fourth-order valence-electron chi connectivity index (χ4n) is 5.05. The van der Waals surface area contributed by atoms with Crippen molar-refractivity contribution in [2.75, 3.05) is 21.8 Å². The summed E-state index contributed by atoms with van der Waals surface area (Å²) in [7, 11) is -3.65. The summed E-state index contributed by atoms with van der Waals surface area (Å²) < 4.78 is 24.2. The topological polar surface area (TPSA) is 104 Å². The van der Waals surface area contributed by atoms with Crippen molar-refractivity contribution < 1.29 is 22.8 Å². The fraction of sp³-hybridized carbons (Fsp3) is 0.367. The lowest BCUT2D eigenvalue weighted by atomic mass is 9.98. The molecular weight excluding hydrogens is 514 g/mol. The van der Waals surface area contributed by atoms with E-state index in [1.807, 2.05) is 50.2 Å². The second-order valence-corrected chi connectivity index (χ2v) is 12.5. The third kappa shape index (κ3) is 5.83. The molecule has 0 aromatic heterocycles. The van der Waals surface area contributed by atoms with Crippen LogP contribution < -0.4 is 15.1 Å². The molecule has 0 fully saturated rings. The Balaban J connectivity index is 1.90. The number of benzene rings is 3. The predicted molar refractivity (Wildman–Crippen MR) is 154 cm³/mol. The van der Waals surface area contributed by atoms with Crippen LogP contribution in [0.4, 0.5) is 11.4 Å². The number of carbonyl (C=O) groups is 3. The van der Waals surface area contributed by atoms with Gasteiger partial charge >= 0.3 is 0 Å². The summed E-state index contributed by atoms with van der Waals surface area (Å²) in [5.74, 6) is -2.38. The Morgan fingerprint density at radius 3 is 2.31 bits per heavy atom. The number of hydrogen-bond donors (Lipinski definition) is 1. The summed E-state index contributed by atoms with van der Waals surface area (Å²) in [5.41, 5.74) is 2.85.